The van der Waals surface area contributed by atoms with Crippen LogP contribution in [0.25, 0.3) is 0 Å². The standard InChI is InChI=1S/C25H24F8O3/c1-2-3-14-4-6-15(7-5-14)25(32,33)36-17-10-19(26)18(20(27)11-17)12-34-16-8-21(28)24(22(29)9-16)35-13-23(30)31/h8-11,13-15H,2-7,12H2,1H3. The normalized spacial score (nSPS) is 18.0. The van der Waals surface area contributed by atoms with E-state index in [1.807, 2.05) is 6.92 Å². The van der Waals surface area contributed by atoms with E-state index < -0.39 is 70.8 Å². The summed E-state index contributed by atoms with van der Waals surface area (Å²) in [4.78, 5) is 0. The molecule has 0 heterocycles. The van der Waals surface area contributed by atoms with Gasteiger partial charge in [-0.3, -0.25) is 0 Å². The highest BCUT2D eigenvalue weighted by molar-refractivity contribution is 5.36. The van der Waals surface area contributed by atoms with Crippen LogP contribution in [-0.4, -0.2) is 6.11 Å². The molecular formula is C25H24F8O3. The highest BCUT2D eigenvalue weighted by Gasteiger charge is 2.44. The van der Waals surface area contributed by atoms with Gasteiger partial charge in [0.2, 0.25) is 0 Å². The number of alkyl halides is 2. The van der Waals surface area contributed by atoms with E-state index in [1.54, 1.807) is 0 Å². The third kappa shape index (κ3) is 7.04. The fraction of sp³-hybridized carbons (Fsp3) is 0.440. The number of halogens is 8. The summed E-state index contributed by atoms with van der Waals surface area (Å²) in [6.07, 6.45) is -2.43. The van der Waals surface area contributed by atoms with Crippen molar-refractivity contribution in [1.82, 2.24) is 0 Å². The monoisotopic (exact) mass is 524 g/mol. The Hall–Kier alpha value is -2.98. The Bertz CT molecular complexity index is 1030. The quantitative estimate of drug-likeness (QED) is 0.230. The number of hydrogen-bond acceptors (Lipinski definition) is 3. The zero-order valence-corrected chi connectivity index (χ0v) is 19.2. The van der Waals surface area contributed by atoms with E-state index in [0.717, 1.165) is 12.8 Å². The minimum absolute atomic E-state index is 0.169. The second-order valence-electron chi connectivity index (χ2n) is 8.57. The molecule has 2 aromatic rings. The van der Waals surface area contributed by atoms with Crippen molar-refractivity contribution in [2.24, 2.45) is 11.8 Å². The minimum Gasteiger partial charge on any atom is -0.488 e. The lowest BCUT2D eigenvalue weighted by Crippen LogP contribution is -2.37. The van der Waals surface area contributed by atoms with Gasteiger partial charge < -0.3 is 14.2 Å². The van der Waals surface area contributed by atoms with E-state index >= 15 is 0 Å². The Labute approximate surface area is 202 Å². The second kappa shape index (κ2) is 11.8. The summed E-state index contributed by atoms with van der Waals surface area (Å²) < 4.78 is 124. The van der Waals surface area contributed by atoms with E-state index in [0.29, 0.717) is 43.0 Å². The van der Waals surface area contributed by atoms with Gasteiger partial charge in [-0.05, 0) is 31.6 Å². The van der Waals surface area contributed by atoms with Gasteiger partial charge >= 0.3 is 12.2 Å². The first-order valence-corrected chi connectivity index (χ1v) is 11.3. The van der Waals surface area contributed by atoms with E-state index in [9.17, 15) is 35.1 Å². The third-order valence-electron chi connectivity index (χ3n) is 6.01. The molecule has 1 aliphatic rings. The van der Waals surface area contributed by atoms with Crippen molar-refractivity contribution in [2.75, 3.05) is 0 Å². The molecule has 0 saturated heterocycles. The highest BCUT2D eigenvalue weighted by atomic mass is 19.3. The van der Waals surface area contributed by atoms with Crippen LogP contribution in [0.3, 0.4) is 0 Å². The fourth-order valence-corrected chi connectivity index (χ4v) is 4.20. The topological polar surface area (TPSA) is 27.7 Å². The van der Waals surface area contributed by atoms with Gasteiger partial charge in [-0.2, -0.15) is 17.6 Å². The molecule has 11 heteroatoms. The molecule has 3 rings (SSSR count). The van der Waals surface area contributed by atoms with Crippen LogP contribution in [-0.2, 0) is 6.61 Å². The maximum Gasteiger partial charge on any atom is 0.400 e. The molecule has 1 saturated carbocycles. The molecule has 0 aliphatic heterocycles. The average Bonchev–Trinajstić information content (AvgIpc) is 2.78. The van der Waals surface area contributed by atoms with Crippen LogP contribution >= 0.6 is 0 Å². The number of rotatable bonds is 10. The van der Waals surface area contributed by atoms with Crippen LogP contribution in [0.4, 0.5) is 35.1 Å². The van der Waals surface area contributed by atoms with Crippen molar-refractivity contribution in [3.63, 3.8) is 0 Å². The van der Waals surface area contributed by atoms with Crippen LogP contribution in [0, 0.1) is 35.1 Å². The summed E-state index contributed by atoms with van der Waals surface area (Å²) in [5, 5.41) is 0. The van der Waals surface area contributed by atoms with Crippen molar-refractivity contribution < 1.29 is 49.3 Å². The molecule has 198 valence electrons. The van der Waals surface area contributed by atoms with Gasteiger partial charge in [0.05, 0.1) is 11.5 Å². The fourth-order valence-electron chi connectivity index (χ4n) is 4.20. The molecule has 0 atom stereocenters. The van der Waals surface area contributed by atoms with Gasteiger partial charge in [0.25, 0.3) is 0 Å². The van der Waals surface area contributed by atoms with Crippen molar-refractivity contribution in [2.45, 2.75) is 58.2 Å². The van der Waals surface area contributed by atoms with Gasteiger partial charge in [0.1, 0.15) is 29.7 Å². The highest BCUT2D eigenvalue weighted by Crippen LogP contribution is 2.41. The van der Waals surface area contributed by atoms with Gasteiger partial charge in [-0.15, -0.1) is 0 Å². The third-order valence-corrected chi connectivity index (χ3v) is 6.01. The first-order valence-electron chi connectivity index (χ1n) is 11.3. The van der Waals surface area contributed by atoms with E-state index in [2.05, 4.69) is 9.47 Å². The number of ether oxygens (including phenoxy) is 3. The maximum absolute atomic E-state index is 14.6. The summed E-state index contributed by atoms with van der Waals surface area (Å²) >= 11 is 0. The first kappa shape index (κ1) is 27.6. The Balaban J connectivity index is 1.66. The Kier molecular flexibility index (Phi) is 9.08. The SMILES string of the molecule is CCCC1CCC(C(F)(F)Oc2cc(F)c(COc3cc(F)c(OC=C(F)F)c(F)c3)c(F)c2)CC1. The molecule has 0 unspecified atom stereocenters. The zero-order valence-electron chi connectivity index (χ0n) is 19.2. The smallest absolute Gasteiger partial charge is 0.400 e. The van der Waals surface area contributed by atoms with Crippen molar-refractivity contribution in [3.8, 4) is 17.2 Å². The van der Waals surface area contributed by atoms with Crippen molar-refractivity contribution >= 4 is 0 Å². The predicted octanol–water partition coefficient (Wildman–Crippen LogP) is 8.52. The van der Waals surface area contributed by atoms with Crippen molar-refractivity contribution in [1.29, 1.82) is 0 Å². The molecule has 0 amide bonds. The summed E-state index contributed by atoms with van der Waals surface area (Å²) in [7, 11) is 0. The minimum atomic E-state index is -3.62. The van der Waals surface area contributed by atoms with Crippen LogP contribution < -0.4 is 14.2 Å². The summed E-state index contributed by atoms with van der Waals surface area (Å²) in [6.45, 7) is 1.18. The molecule has 0 aromatic heterocycles. The predicted molar refractivity (Wildman–Crippen MR) is 114 cm³/mol. The van der Waals surface area contributed by atoms with Crippen LogP contribution in [0.15, 0.2) is 36.6 Å². The summed E-state index contributed by atoms with van der Waals surface area (Å²) in [6, 6.07) is 2.28. The molecule has 1 fully saturated rings. The molecule has 36 heavy (non-hydrogen) atoms. The Morgan fingerprint density at radius 1 is 0.889 bits per heavy atom. The maximum atomic E-state index is 14.6. The largest absolute Gasteiger partial charge is 0.488 e. The van der Waals surface area contributed by atoms with E-state index in [4.69, 9.17) is 4.74 Å². The molecule has 0 spiro atoms. The summed E-state index contributed by atoms with van der Waals surface area (Å²) in [5.74, 6) is -8.39. The lowest BCUT2D eigenvalue weighted by molar-refractivity contribution is -0.223. The zero-order chi connectivity index (χ0) is 26.5. The van der Waals surface area contributed by atoms with Crippen molar-refractivity contribution in [3.05, 3.63) is 65.4 Å². The molecule has 3 nitrogen and oxygen atoms in total. The Morgan fingerprint density at radius 3 is 1.97 bits per heavy atom. The van der Waals surface area contributed by atoms with Gasteiger partial charge in [-0.25, -0.2) is 17.6 Å². The first-order chi connectivity index (χ1) is 17.0. The van der Waals surface area contributed by atoms with E-state index in [-0.39, 0.29) is 19.1 Å². The second-order valence-corrected chi connectivity index (χ2v) is 8.57. The molecule has 2 aromatic carbocycles. The van der Waals surface area contributed by atoms with Crippen LogP contribution in [0.1, 0.15) is 51.0 Å². The number of benzene rings is 2. The lowest BCUT2D eigenvalue weighted by atomic mass is 9.79. The van der Waals surface area contributed by atoms with Crippen LogP contribution in [0.2, 0.25) is 0 Å². The summed E-state index contributed by atoms with van der Waals surface area (Å²) in [5.41, 5.74) is -0.700. The molecular weight excluding hydrogens is 500 g/mol. The average molecular weight is 524 g/mol. The van der Waals surface area contributed by atoms with Gasteiger partial charge in [-0.1, -0.05) is 19.8 Å². The molecule has 0 bridgehead atoms. The molecule has 1 aliphatic carbocycles. The molecule has 0 N–H and O–H groups in total. The van der Waals surface area contributed by atoms with Crippen LogP contribution in [0.5, 0.6) is 17.2 Å². The number of hydrogen-bond donors (Lipinski definition) is 0. The van der Waals surface area contributed by atoms with Gasteiger partial charge in [0.15, 0.2) is 23.6 Å². The van der Waals surface area contributed by atoms with Gasteiger partial charge in [0, 0.05) is 24.3 Å². The van der Waals surface area contributed by atoms with E-state index in [1.165, 1.54) is 0 Å². The molecule has 0 radical (unpaired) electrons. The Morgan fingerprint density at radius 2 is 1.44 bits per heavy atom. The lowest BCUT2D eigenvalue weighted by Gasteiger charge is -2.33.